The molecule has 19 heavy (non-hydrogen) atoms. The van der Waals surface area contributed by atoms with Crippen LogP contribution in [0.1, 0.15) is 46.1 Å². The molecular weight excluding hydrogens is 239 g/mol. The number of hydrogen-bond acceptors (Lipinski definition) is 2. The van der Waals surface area contributed by atoms with Crippen molar-refractivity contribution in [1.82, 2.24) is 4.90 Å². The Morgan fingerprint density at radius 2 is 1.84 bits per heavy atom. The molecule has 0 aromatic heterocycles. The second-order valence-corrected chi connectivity index (χ2v) is 5.65. The molecule has 0 spiro atoms. The van der Waals surface area contributed by atoms with E-state index < -0.39 is 0 Å². The molecule has 0 aliphatic heterocycles. The first-order valence-electron chi connectivity index (χ1n) is 7.25. The van der Waals surface area contributed by atoms with Crippen molar-refractivity contribution >= 4 is 5.69 Å². The Kier molecular flexibility index (Phi) is 6.29. The molecule has 0 saturated heterocycles. The second-order valence-electron chi connectivity index (χ2n) is 5.65. The molecule has 0 radical (unpaired) electrons. The lowest BCUT2D eigenvalue weighted by atomic mass is 10.1. The molecule has 0 unspecified atom stereocenters. The van der Waals surface area contributed by atoms with E-state index in [2.05, 4.69) is 32.6 Å². The van der Waals surface area contributed by atoms with Crippen LogP contribution in [0, 0.1) is 11.7 Å². The molecule has 108 valence electrons. The average Bonchev–Trinajstić information content (AvgIpc) is 2.34. The van der Waals surface area contributed by atoms with Gasteiger partial charge in [0.1, 0.15) is 5.82 Å². The lowest BCUT2D eigenvalue weighted by molar-refractivity contribution is 0.157. The van der Waals surface area contributed by atoms with Crippen molar-refractivity contribution in [3.63, 3.8) is 0 Å². The molecule has 2 nitrogen and oxygen atoms in total. The standard InChI is InChI=1S/C16H27FN2/c1-5-14(6-2)19(10-12(3)4)11-13-7-8-16(18)15(17)9-13/h7-9,12,14H,5-6,10-11,18H2,1-4H3. The highest BCUT2D eigenvalue weighted by atomic mass is 19.1. The maximum atomic E-state index is 13.5. The summed E-state index contributed by atoms with van der Waals surface area (Å²) in [5.74, 6) is 0.297. The molecule has 3 heteroatoms. The molecular formula is C16H27FN2. The third-order valence-corrected chi connectivity index (χ3v) is 3.51. The van der Waals surface area contributed by atoms with Gasteiger partial charge < -0.3 is 5.73 Å². The molecule has 0 aliphatic rings. The van der Waals surface area contributed by atoms with Crippen LogP contribution in [0.4, 0.5) is 10.1 Å². The summed E-state index contributed by atoms with van der Waals surface area (Å²) in [6.07, 6.45) is 2.25. The molecule has 0 fully saturated rings. The predicted octanol–water partition coefficient (Wildman–Crippen LogP) is 4.05. The van der Waals surface area contributed by atoms with E-state index in [1.807, 2.05) is 6.07 Å². The summed E-state index contributed by atoms with van der Waals surface area (Å²) in [6, 6.07) is 5.70. The van der Waals surface area contributed by atoms with Gasteiger partial charge in [0.05, 0.1) is 5.69 Å². The molecule has 0 aliphatic carbocycles. The van der Waals surface area contributed by atoms with Crippen molar-refractivity contribution in [2.45, 2.75) is 53.1 Å². The summed E-state index contributed by atoms with van der Waals surface area (Å²) >= 11 is 0. The summed E-state index contributed by atoms with van der Waals surface area (Å²) in [7, 11) is 0. The SMILES string of the molecule is CCC(CC)N(Cc1ccc(N)c(F)c1)CC(C)C. The van der Waals surface area contributed by atoms with Crippen LogP contribution in [0.2, 0.25) is 0 Å². The zero-order valence-corrected chi connectivity index (χ0v) is 12.6. The zero-order valence-electron chi connectivity index (χ0n) is 12.6. The van der Waals surface area contributed by atoms with Gasteiger partial charge in [-0.05, 0) is 36.5 Å². The second kappa shape index (κ2) is 7.49. The summed E-state index contributed by atoms with van der Waals surface area (Å²) < 4.78 is 13.5. The van der Waals surface area contributed by atoms with Gasteiger partial charge in [0.2, 0.25) is 0 Å². The molecule has 0 heterocycles. The van der Waals surface area contributed by atoms with Gasteiger partial charge in [-0.25, -0.2) is 4.39 Å². The minimum Gasteiger partial charge on any atom is -0.396 e. The van der Waals surface area contributed by atoms with Crippen LogP contribution in [0.5, 0.6) is 0 Å². The van der Waals surface area contributed by atoms with Crippen molar-refractivity contribution in [3.8, 4) is 0 Å². The minimum absolute atomic E-state index is 0.224. The number of rotatable bonds is 7. The first-order valence-corrected chi connectivity index (χ1v) is 7.25. The first-order chi connectivity index (χ1) is 8.97. The molecule has 0 atom stereocenters. The Labute approximate surface area is 116 Å². The van der Waals surface area contributed by atoms with Gasteiger partial charge in [-0.3, -0.25) is 4.90 Å². The van der Waals surface area contributed by atoms with Gasteiger partial charge in [-0.1, -0.05) is 33.8 Å². The topological polar surface area (TPSA) is 29.3 Å². The number of nitrogens with two attached hydrogens (primary N) is 1. The van der Waals surface area contributed by atoms with Crippen LogP contribution in [0.3, 0.4) is 0 Å². The monoisotopic (exact) mass is 266 g/mol. The molecule has 2 N–H and O–H groups in total. The highest BCUT2D eigenvalue weighted by molar-refractivity contribution is 5.41. The average molecular weight is 266 g/mol. The van der Waals surface area contributed by atoms with Crippen LogP contribution < -0.4 is 5.73 Å². The summed E-state index contributed by atoms with van der Waals surface area (Å²) in [4.78, 5) is 2.45. The third kappa shape index (κ3) is 4.83. The Hall–Kier alpha value is -1.09. The van der Waals surface area contributed by atoms with Crippen molar-refractivity contribution in [2.75, 3.05) is 12.3 Å². The Balaban J connectivity index is 2.83. The fourth-order valence-corrected chi connectivity index (χ4v) is 2.52. The lowest BCUT2D eigenvalue weighted by Gasteiger charge is -2.32. The fourth-order valence-electron chi connectivity index (χ4n) is 2.52. The van der Waals surface area contributed by atoms with Gasteiger partial charge in [-0.2, -0.15) is 0 Å². The van der Waals surface area contributed by atoms with Gasteiger partial charge >= 0.3 is 0 Å². The van der Waals surface area contributed by atoms with Crippen molar-refractivity contribution in [3.05, 3.63) is 29.6 Å². The van der Waals surface area contributed by atoms with Crippen LogP contribution in [0.15, 0.2) is 18.2 Å². The van der Waals surface area contributed by atoms with E-state index >= 15 is 0 Å². The van der Waals surface area contributed by atoms with Crippen molar-refractivity contribution in [2.24, 2.45) is 5.92 Å². The normalized spacial score (nSPS) is 11.8. The Morgan fingerprint density at radius 1 is 1.21 bits per heavy atom. The van der Waals surface area contributed by atoms with Crippen LogP contribution in [-0.2, 0) is 6.54 Å². The van der Waals surface area contributed by atoms with Crippen molar-refractivity contribution < 1.29 is 4.39 Å². The molecule has 0 amide bonds. The van der Waals surface area contributed by atoms with Crippen LogP contribution in [0.25, 0.3) is 0 Å². The first kappa shape index (κ1) is 16.0. The Morgan fingerprint density at radius 3 is 2.32 bits per heavy atom. The zero-order chi connectivity index (χ0) is 14.4. The molecule has 0 saturated carbocycles. The number of hydrogen-bond donors (Lipinski definition) is 1. The smallest absolute Gasteiger partial charge is 0.146 e. The highest BCUT2D eigenvalue weighted by Gasteiger charge is 2.17. The van der Waals surface area contributed by atoms with E-state index in [9.17, 15) is 4.39 Å². The summed E-state index contributed by atoms with van der Waals surface area (Å²) in [5, 5.41) is 0. The van der Waals surface area contributed by atoms with E-state index in [-0.39, 0.29) is 11.5 Å². The van der Waals surface area contributed by atoms with E-state index in [4.69, 9.17) is 5.73 Å². The largest absolute Gasteiger partial charge is 0.396 e. The summed E-state index contributed by atoms with van der Waals surface area (Å²) in [5.41, 5.74) is 6.75. The van der Waals surface area contributed by atoms with Crippen LogP contribution >= 0.6 is 0 Å². The van der Waals surface area contributed by atoms with Gasteiger partial charge in [0, 0.05) is 19.1 Å². The molecule has 0 bridgehead atoms. The summed E-state index contributed by atoms with van der Waals surface area (Å²) in [6.45, 7) is 10.7. The Bertz CT molecular complexity index is 386. The predicted molar refractivity (Wildman–Crippen MR) is 80.4 cm³/mol. The number of nitrogens with zero attached hydrogens (tertiary/aromatic N) is 1. The quantitative estimate of drug-likeness (QED) is 0.754. The van der Waals surface area contributed by atoms with E-state index in [0.29, 0.717) is 12.0 Å². The van der Waals surface area contributed by atoms with E-state index in [1.165, 1.54) is 0 Å². The fraction of sp³-hybridized carbons (Fsp3) is 0.625. The van der Waals surface area contributed by atoms with Gasteiger partial charge in [-0.15, -0.1) is 0 Å². The maximum absolute atomic E-state index is 13.5. The number of benzene rings is 1. The van der Waals surface area contributed by atoms with Gasteiger partial charge in [0.15, 0.2) is 0 Å². The maximum Gasteiger partial charge on any atom is 0.146 e. The highest BCUT2D eigenvalue weighted by Crippen LogP contribution is 2.18. The number of halogens is 1. The molecule has 1 aromatic rings. The minimum atomic E-state index is -0.313. The van der Waals surface area contributed by atoms with E-state index in [1.54, 1.807) is 12.1 Å². The molecule has 1 aromatic carbocycles. The number of nitrogen functional groups attached to an aromatic ring is 1. The van der Waals surface area contributed by atoms with Crippen LogP contribution in [-0.4, -0.2) is 17.5 Å². The molecule has 1 rings (SSSR count). The van der Waals surface area contributed by atoms with Gasteiger partial charge in [0.25, 0.3) is 0 Å². The van der Waals surface area contributed by atoms with Crippen molar-refractivity contribution in [1.29, 1.82) is 0 Å². The third-order valence-electron chi connectivity index (χ3n) is 3.51. The number of anilines is 1. The lowest BCUT2D eigenvalue weighted by Crippen LogP contribution is -2.36. The van der Waals surface area contributed by atoms with E-state index in [0.717, 1.165) is 31.5 Å².